The molecule has 0 fully saturated rings. The molecule has 19 heavy (non-hydrogen) atoms. The summed E-state index contributed by atoms with van der Waals surface area (Å²) in [5.74, 6) is 1.24. The number of carbonyl (C=O) groups is 1. The topological polar surface area (TPSA) is 35.5 Å². The zero-order valence-electron chi connectivity index (χ0n) is 12.4. The van der Waals surface area contributed by atoms with Crippen molar-refractivity contribution in [1.82, 2.24) is 0 Å². The minimum Gasteiger partial charge on any atom is -0.483 e. The predicted octanol–water partition coefficient (Wildman–Crippen LogP) is 3.72. The highest BCUT2D eigenvalue weighted by Gasteiger charge is 2.27. The lowest BCUT2D eigenvalue weighted by atomic mass is 9.93. The molecular weight excluding hydrogens is 240 g/mol. The molecule has 0 N–H and O–H groups in total. The summed E-state index contributed by atoms with van der Waals surface area (Å²) < 4.78 is 11.4. The number of carbonyl (C=O) groups excluding carboxylic acids is 1. The monoisotopic (exact) mass is 260 g/mol. The van der Waals surface area contributed by atoms with Crippen LogP contribution in [0.1, 0.15) is 43.0 Å². The van der Waals surface area contributed by atoms with Crippen LogP contribution in [-0.4, -0.2) is 11.6 Å². The Bertz CT molecular complexity index is 580. The first kappa shape index (κ1) is 13.7. The Balaban J connectivity index is 2.66. The molecule has 3 heteroatoms. The van der Waals surface area contributed by atoms with Crippen LogP contribution in [0.4, 0.5) is 0 Å². The summed E-state index contributed by atoms with van der Waals surface area (Å²) in [7, 11) is 0. The van der Waals surface area contributed by atoms with Crippen molar-refractivity contribution in [3.05, 3.63) is 28.3 Å². The van der Waals surface area contributed by atoms with Crippen molar-refractivity contribution < 1.29 is 14.3 Å². The van der Waals surface area contributed by atoms with Gasteiger partial charge in [0.15, 0.2) is 0 Å². The van der Waals surface area contributed by atoms with E-state index in [0.717, 1.165) is 28.0 Å². The normalized spacial score (nSPS) is 15.7. The van der Waals surface area contributed by atoms with Gasteiger partial charge in [0, 0.05) is 18.1 Å². The van der Waals surface area contributed by atoms with E-state index in [0.29, 0.717) is 5.75 Å². The van der Waals surface area contributed by atoms with E-state index in [4.69, 9.17) is 9.47 Å². The summed E-state index contributed by atoms with van der Waals surface area (Å²) in [4.78, 5) is 11.2. The Morgan fingerprint density at radius 1 is 1.16 bits per heavy atom. The van der Waals surface area contributed by atoms with Gasteiger partial charge in [-0.2, -0.15) is 0 Å². The first-order valence-electron chi connectivity index (χ1n) is 6.43. The summed E-state index contributed by atoms with van der Waals surface area (Å²) in [6, 6.07) is 0. The Morgan fingerprint density at radius 2 is 1.79 bits per heavy atom. The summed E-state index contributed by atoms with van der Waals surface area (Å²) >= 11 is 0. The number of rotatable bonds is 1. The highest BCUT2D eigenvalue weighted by Crippen LogP contribution is 2.42. The van der Waals surface area contributed by atoms with E-state index in [2.05, 4.69) is 0 Å². The maximum atomic E-state index is 11.2. The third kappa shape index (κ3) is 2.37. The van der Waals surface area contributed by atoms with Crippen molar-refractivity contribution in [2.24, 2.45) is 0 Å². The van der Waals surface area contributed by atoms with Gasteiger partial charge in [0.25, 0.3) is 0 Å². The number of ether oxygens (including phenoxy) is 2. The summed E-state index contributed by atoms with van der Waals surface area (Å²) in [6.07, 6.45) is 4.07. The molecule has 1 aromatic carbocycles. The molecule has 1 heterocycles. The molecule has 1 aliphatic rings. The van der Waals surface area contributed by atoms with E-state index in [1.54, 1.807) is 0 Å². The molecule has 1 aromatic rings. The van der Waals surface area contributed by atoms with Crippen molar-refractivity contribution >= 4 is 12.0 Å². The molecule has 0 aliphatic carbocycles. The van der Waals surface area contributed by atoms with Gasteiger partial charge in [-0.3, -0.25) is 4.79 Å². The van der Waals surface area contributed by atoms with Crippen LogP contribution in [0.25, 0.3) is 6.08 Å². The average Bonchev–Trinajstić information content (AvgIpc) is 2.30. The Labute approximate surface area is 114 Å². The molecule has 0 unspecified atom stereocenters. The van der Waals surface area contributed by atoms with Crippen LogP contribution in [0, 0.1) is 20.8 Å². The largest absolute Gasteiger partial charge is 0.483 e. The maximum absolute atomic E-state index is 11.2. The van der Waals surface area contributed by atoms with Crippen molar-refractivity contribution in [1.29, 1.82) is 0 Å². The number of fused-ring (bicyclic) bond motifs is 1. The van der Waals surface area contributed by atoms with Crippen LogP contribution in [0.2, 0.25) is 0 Å². The fourth-order valence-electron chi connectivity index (χ4n) is 2.33. The molecule has 0 saturated carbocycles. The molecule has 2 rings (SSSR count). The second-order valence-corrected chi connectivity index (χ2v) is 5.58. The van der Waals surface area contributed by atoms with E-state index in [1.165, 1.54) is 6.92 Å². The highest BCUT2D eigenvalue weighted by atomic mass is 16.5. The van der Waals surface area contributed by atoms with Gasteiger partial charge in [0.1, 0.15) is 17.1 Å². The van der Waals surface area contributed by atoms with Crippen molar-refractivity contribution in [3.63, 3.8) is 0 Å². The molecule has 3 nitrogen and oxygen atoms in total. The van der Waals surface area contributed by atoms with Crippen molar-refractivity contribution in [2.75, 3.05) is 0 Å². The standard InChI is InChI=1S/C16H20O3/c1-9-10(2)15-13(7-8-16(5,6)19-15)11(3)14(9)18-12(4)17/h7-8H,1-6H3. The second kappa shape index (κ2) is 4.41. The number of hydrogen-bond acceptors (Lipinski definition) is 3. The van der Waals surface area contributed by atoms with Gasteiger partial charge in [0.05, 0.1) is 0 Å². The van der Waals surface area contributed by atoms with Gasteiger partial charge in [-0.1, -0.05) is 6.08 Å². The lowest BCUT2D eigenvalue weighted by Crippen LogP contribution is -2.28. The van der Waals surface area contributed by atoms with E-state index in [1.807, 2.05) is 46.8 Å². The molecule has 102 valence electrons. The van der Waals surface area contributed by atoms with Gasteiger partial charge in [-0.05, 0) is 51.8 Å². The van der Waals surface area contributed by atoms with Crippen LogP contribution >= 0.6 is 0 Å². The molecule has 0 amide bonds. The molecule has 0 spiro atoms. The van der Waals surface area contributed by atoms with Gasteiger partial charge < -0.3 is 9.47 Å². The number of esters is 1. The van der Waals surface area contributed by atoms with Crippen LogP contribution in [0.3, 0.4) is 0 Å². The van der Waals surface area contributed by atoms with Crippen LogP contribution in [-0.2, 0) is 4.79 Å². The average molecular weight is 260 g/mol. The summed E-state index contributed by atoms with van der Waals surface area (Å²) in [5.41, 5.74) is 3.62. The molecule has 0 saturated heterocycles. The first-order chi connectivity index (χ1) is 8.73. The van der Waals surface area contributed by atoms with Crippen molar-refractivity contribution in [3.8, 4) is 11.5 Å². The first-order valence-corrected chi connectivity index (χ1v) is 6.43. The molecule has 0 atom stereocenters. The Hall–Kier alpha value is -1.77. The lowest BCUT2D eigenvalue weighted by molar-refractivity contribution is -0.131. The van der Waals surface area contributed by atoms with Crippen LogP contribution in [0.15, 0.2) is 6.08 Å². The number of benzene rings is 1. The zero-order chi connectivity index (χ0) is 14.4. The third-order valence-electron chi connectivity index (χ3n) is 3.50. The van der Waals surface area contributed by atoms with E-state index < -0.39 is 0 Å². The molecule has 0 bridgehead atoms. The second-order valence-electron chi connectivity index (χ2n) is 5.58. The van der Waals surface area contributed by atoms with Gasteiger partial charge in [-0.25, -0.2) is 0 Å². The fraction of sp³-hybridized carbons (Fsp3) is 0.438. The predicted molar refractivity (Wildman–Crippen MR) is 75.7 cm³/mol. The quantitative estimate of drug-likeness (QED) is 0.570. The lowest BCUT2D eigenvalue weighted by Gasteiger charge is -2.31. The van der Waals surface area contributed by atoms with Gasteiger partial charge in [-0.15, -0.1) is 0 Å². The fourth-order valence-corrected chi connectivity index (χ4v) is 2.33. The highest BCUT2D eigenvalue weighted by molar-refractivity contribution is 5.76. The number of hydrogen-bond donors (Lipinski definition) is 0. The SMILES string of the molecule is CC(=O)Oc1c(C)c(C)c2c(c1C)C=CC(C)(C)O2. The van der Waals surface area contributed by atoms with E-state index >= 15 is 0 Å². The van der Waals surface area contributed by atoms with Gasteiger partial charge >= 0.3 is 5.97 Å². The maximum Gasteiger partial charge on any atom is 0.308 e. The van der Waals surface area contributed by atoms with E-state index in [-0.39, 0.29) is 11.6 Å². The van der Waals surface area contributed by atoms with Crippen molar-refractivity contribution in [2.45, 2.75) is 47.1 Å². The molecule has 0 radical (unpaired) electrons. The molecular formula is C16H20O3. The van der Waals surface area contributed by atoms with Gasteiger partial charge in [0.2, 0.25) is 0 Å². The molecule has 0 aromatic heterocycles. The van der Waals surface area contributed by atoms with E-state index in [9.17, 15) is 4.79 Å². The van der Waals surface area contributed by atoms with Crippen LogP contribution < -0.4 is 9.47 Å². The Morgan fingerprint density at radius 3 is 2.37 bits per heavy atom. The molecule has 1 aliphatic heterocycles. The smallest absolute Gasteiger partial charge is 0.308 e. The Kier molecular flexibility index (Phi) is 3.17. The van der Waals surface area contributed by atoms with Crippen LogP contribution in [0.5, 0.6) is 11.5 Å². The zero-order valence-corrected chi connectivity index (χ0v) is 12.4. The summed E-state index contributed by atoms with van der Waals surface area (Å²) in [5, 5.41) is 0. The minimum absolute atomic E-state index is 0.299. The minimum atomic E-state index is -0.306. The third-order valence-corrected chi connectivity index (χ3v) is 3.50. The summed E-state index contributed by atoms with van der Waals surface area (Å²) in [6.45, 7) is 11.4.